The molecule has 0 N–H and O–H groups in total. The predicted octanol–water partition coefficient (Wildman–Crippen LogP) is 8.70. The zero-order valence-corrected chi connectivity index (χ0v) is 25.8. The molecular formula is C33H25F2IrN3S-2. The molecule has 0 bridgehead atoms. The fourth-order valence-corrected chi connectivity index (χ4v) is 6.69. The molecule has 0 saturated heterocycles. The third-order valence-corrected chi connectivity index (χ3v) is 8.58. The van der Waals surface area contributed by atoms with Crippen LogP contribution in [0.3, 0.4) is 0 Å². The average molecular weight is 726 g/mol. The standard InChI is InChI=1S/C17H11N2S.C16H14F2N.Ir/c1-11-5-8-19-15(9-11)14-4-2-3-13-12-6-7-18-10-16(12)20-17(13)14;1-8-7-19-15-10-5-6-11(17)9(2)12(10)16(3,4)13(15)14(8)18;/h2-3,5-10H,1H3;6-7H,1-4H3;/q2*-1;. The predicted molar refractivity (Wildman–Crippen MR) is 154 cm³/mol. The minimum Gasteiger partial charge on any atom is -0.305 e. The van der Waals surface area contributed by atoms with Gasteiger partial charge in [0.15, 0.2) is 0 Å². The molecule has 40 heavy (non-hydrogen) atoms. The molecule has 0 amide bonds. The summed E-state index contributed by atoms with van der Waals surface area (Å²) in [5.41, 5.74) is 6.39. The second-order valence-corrected chi connectivity index (χ2v) is 11.5. The van der Waals surface area contributed by atoms with Gasteiger partial charge in [0.25, 0.3) is 0 Å². The van der Waals surface area contributed by atoms with Gasteiger partial charge in [-0.25, -0.2) is 4.39 Å². The van der Waals surface area contributed by atoms with Crippen molar-refractivity contribution in [1.82, 2.24) is 15.0 Å². The second-order valence-electron chi connectivity index (χ2n) is 10.4. The Balaban J connectivity index is 0.000000158. The molecule has 4 heterocycles. The van der Waals surface area contributed by atoms with E-state index in [2.05, 4.69) is 52.2 Å². The van der Waals surface area contributed by atoms with Crippen LogP contribution in [0.4, 0.5) is 8.78 Å². The van der Waals surface area contributed by atoms with Crippen molar-refractivity contribution in [2.45, 2.75) is 40.0 Å². The fourth-order valence-electron chi connectivity index (χ4n) is 5.52. The van der Waals surface area contributed by atoms with E-state index in [1.54, 1.807) is 25.2 Å². The Kier molecular flexibility index (Phi) is 7.43. The molecule has 7 rings (SSSR count). The van der Waals surface area contributed by atoms with E-state index >= 15 is 0 Å². The van der Waals surface area contributed by atoms with Crippen molar-refractivity contribution < 1.29 is 28.9 Å². The normalized spacial score (nSPS) is 12.9. The van der Waals surface area contributed by atoms with Gasteiger partial charge in [0.2, 0.25) is 0 Å². The molecule has 4 aromatic heterocycles. The Morgan fingerprint density at radius 1 is 0.875 bits per heavy atom. The van der Waals surface area contributed by atoms with Crippen molar-refractivity contribution in [3.8, 4) is 22.5 Å². The van der Waals surface area contributed by atoms with Crippen molar-refractivity contribution in [1.29, 1.82) is 0 Å². The van der Waals surface area contributed by atoms with Gasteiger partial charge in [-0.3, -0.25) is 9.37 Å². The average Bonchev–Trinajstić information content (AvgIpc) is 3.41. The van der Waals surface area contributed by atoms with Crippen LogP contribution in [0, 0.1) is 44.5 Å². The maximum Gasteiger partial charge on any atom is 0.123 e. The van der Waals surface area contributed by atoms with Gasteiger partial charge in [-0.2, -0.15) is 11.3 Å². The zero-order valence-electron chi connectivity index (χ0n) is 22.6. The summed E-state index contributed by atoms with van der Waals surface area (Å²) in [6.07, 6.45) is 7.14. The first kappa shape index (κ1) is 28.2. The number of halogens is 2. The van der Waals surface area contributed by atoms with Crippen molar-refractivity contribution in [2.24, 2.45) is 0 Å². The number of fused-ring (bicyclic) bond motifs is 6. The van der Waals surface area contributed by atoms with Gasteiger partial charge in [0, 0.05) is 61.0 Å². The molecule has 0 unspecified atom stereocenters. The van der Waals surface area contributed by atoms with Gasteiger partial charge in [-0.15, -0.1) is 47.0 Å². The van der Waals surface area contributed by atoms with E-state index in [0.717, 1.165) is 22.4 Å². The number of aromatic nitrogens is 3. The number of benzene rings is 2. The Morgan fingerprint density at radius 2 is 1.68 bits per heavy atom. The summed E-state index contributed by atoms with van der Waals surface area (Å²) < 4.78 is 30.7. The van der Waals surface area contributed by atoms with E-state index in [-0.39, 0.29) is 31.7 Å². The number of hydrogen-bond donors (Lipinski definition) is 0. The van der Waals surface area contributed by atoms with Crippen LogP contribution in [0.15, 0.2) is 61.2 Å². The smallest absolute Gasteiger partial charge is 0.123 e. The van der Waals surface area contributed by atoms with Crippen LogP contribution < -0.4 is 0 Å². The molecule has 0 saturated carbocycles. The summed E-state index contributed by atoms with van der Waals surface area (Å²) in [7, 11) is 0. The molecule has 1 aliphatic carbocycles. The minimum atomic E-state index is -0.587. The summed E-state index contributed by atoms with van der Waals surface area (Å²) in [6.45, 7) is 9.31. The number of nitrogens with zero attached hydrogens (tertiary/aromatic N) is 3. The molecule has 0 spiro atoms. The Labute approximate surface area is 249 Å². The topological polar surface area (TPSA) is 38.7 Å². The summed E-state index contributed by atoms with van der Waals surface area (Å²) in [6, 6.07) is 17.8. The summed E-state index contributed by atoms with van der Waals surface area (Å²) in [5, 5.41) is 2.51. The number of rotatable bonds is 1. The Bertz CT molecular complexity index is 1850. The molecule has 1 aliphatic rings. The second kappa shape index (κ2) is 10.5. The molecular weight excluding hydrogens is 701 g/mol. The molecule has 0 atom stereocenters. The molecule has 0 aliphatic heterocycles. The maximum absolute atomic E-state index is 14.4. The van der Waals surface area contributed by atoms with E-state index in [9.17, 15) is 8.78 Å². The van der Waals surface area contributed by atoms with Gasteiger partial charge < -0.3 is 9.97 Å². The van der Waals surface area contributed by atoms with Crippen molar-refractivity contribution in [2.75, 3.05) is 0 Å². The molecule has 1 radical (unpaired) electrons. The SMILES string of the molecule is Cc1ccnc(-c2[c-]ccc3c2sc2cnccc23)c1.Cc1cnc2c(c1F)C(C)(C)c1c-2[c-]cc(F)c1C.[Ir]. The third-order valence-electron chi connectivity index (χ3n) is 7.41. The zero-order chi connectivity index (χ0) is 27.5. The van der Waals surface area contributed by atoms with E-state index < -0.39 is 5.41 Å². The molecule has 2 aromatic carbocycles. The van der Waals surface area contributed by atoms with Gasteiger partial charge in [0.05, 0.1) is 0 Å². The van der Waals surface area contributed by atoms with E-state index in [4.69, 9.17) is 0 Å². The van der Waals surface area contributed by atoms with E-state index in [1.807, 2.05) is 44.6 Å². The molecule has 203 valence electrons. The van der Waals surface area contributed by atoms with Gasteiger partial charge >= 0.3 is 0 Å². The number of hydrogen-bond acceptors (Lipinski definition) is 4. The molecule has 3 nitrogen and oxygen atoms in total. The Morgan fingerprint density at radius 3 is 2.45 bits per heavy atom. The molecule has 6 aromatic rings. The van der Waals surface area contributed by atoms with Gasteiger partial charge in [0.1, 0.15) is 5.82 Å². The van der Waals surface area contributed by atoms with Crippen LogP contribution in [0.5, 0.6) is 0 Å². The number of pyridine rings is 3. The third kappa shape index (κ3) is 4.46. The summed E-state index contributed by atoms with van der Waals surface area (Å²) >= 11 is 1.76. The quantitative estimate of drug-likeness (QED) is 0.159. The van der Waals surface area contributed by atoms with Crippen LogP contribution >= 0.6 is 11.3 Å². The first-order valence-electron chi connectivity index (χ1n) is 12.7. The van der Waals surface area contributed by atoms with Crippen LogP contribution in [0.1, 0.15) is 41.7 Å². The van der Waals surface area contributed by atoms with Crippen molar-refractivity contribution in [3.05, 3.63) is 113 Å². The summed E-state index contributed by atoms with van der Waals surface area (Å²) in [5.74, 6) is -0.559. The van der Waals surface area contributed by atoms with Gasteiger partial charge in [-0.1, -0.05) is 43.4 Å². The Hall–Kier alpha value is -3.38. The number of thiophene rings is 1. The first-order chi connectivity index (χ1) is 18.7. The molecule has 0 fully saturated rings. The van der Waals surface area contributed by atoms with Crippen LogP contribution in [0.25, 0.3) is 42.7 Å². The van der Waals surface area contributed by atoms with Crippen LogP contribution in [-0.2, 0) is 25.5 Å². The van der Waals surface area contributed by atoms with E-state index in [0.29, 0.717) is 22.4 Å². The maximum atomic E-state index is 14.4. The van der Waals surface area contributed by atoms with Crippen molar-refractivity contribution in [3.63, 3.8) is 0 Å². The van der Waals surface area contributed by atoms with Crippen molar-refractivity contribution >= 4 is 31.5 Å². The largest absolute Gasteiger partial charge is 0.305 e. The molecule has 7 heteroatoms. The van der Waals surface area contributed by atoms with Crippen LogP contribution in [-0.4, -0.2) is 15.0 Å². The first-order valence-corrected chi connectivity index (χ1v) is 13.5. The van der Waals surface area contributed by atoms with Gasteiger partial charge in [-0.05, 0) is 58.4 Å². The number of aryl methyl sites for hydroxylation is 2. The van der Waals surface area contributed by atoms with E-state index in [1.165, 1.54) is 38.0 Å². The monoisotopic (exact) mass is 726 g/mol. The summed E-state index contributed by atoms with van der Waals surface area (Å²) in [4.78, 5) is 13.0. The minimum absolute atomic E-state index is 0. The fraction of sp³-hybridized carbons (Fsp3) is 0.182. The van der Waals surface area contributed by atoms with Crippen LogP contribution in [0.2, 0.25) is 0 Å².